The predicted octanol–water partition coefficient (Wildman–Crippen LogP) is 5.66. The van der Waals surface area contributed by atoms with Crippen molar-refractivity contribution in [3.05, 3.63) is 113 Å². The zero-order chi connectivity index (χ0) is 27.8. The van der Waals surface area contributed by atoms with E-state index in [0.29, 0.717) is 19.0 Å². The summed E-state index contributed by atoms with van der Waals surface area (Å²) in [6, 6.07) is 29.2. The number of rotatable bonds is 10. The molecule has 0 radical (unpaired) electrons. The fourth-order valence-electron chi connectivity index (χ4n) is 4.03. The van der Waals surface area contributed by atoms with Gasteiger partial charge in [0.1, 0.15) is 19.0 Å². The Morgan fingerprint density at radius 2 is 1.51 bits per heavy atom. The summed E-state index contributed by atoms with van der Waals surface area (Å²) < 4.78 is 7.43. The average molecular weight is 525 g/mol. The topological polar surface area (TPSA) is 76.5 Å². The van der Waals surface area contributed by atoms with Crippen LogP contribution in [0.3, 0.4) is 0 Å². The van der Waals surface area contributed by atoms with Crippen molar-refractivity contribution < 1.29 is 14.3 Å². The molecule has 0 aliphatic heterocycles. The van der Waals surface area contributed by atoms with Gasteiger partial charge in [-0.1, -0.05) is 99.1 Å². The Hall–Kier alpha value is -4.23. The third-order valence-electron chi connectivity index (χ3n) is 6.26. The van der Waals surface area contributed by atoms with Crippen LogP contribution in [0.2, 0.25) is 0 Å². The predicted molar refractivity (Wildman–Crippen MR) is 154 cm³/mol. The van der Waals surface area contributed by atoms with Crippen molar-refractivity contribution in [3.8, 4) is 5.69 Å². The Bertz CT molecular complexity index is 1370. The van der Waals surface area contributed by atoms with Crippen molar-refractivity contribution >= 4 is 17.6 Å². The van der Waals surface area contributed by atoms with E-state index in [4.69, 9.17) is 9.84 Å². The van der Waals surface area contributed by atoms with Crippen LogP contribution in [0.4, 0.5) is 5.82 Å². The molecular formula is C32H36N4O3. The number of amides is 2. The number of anilines is 1. The normalized spacial score (nSPS) is 11.3. The molecule has 0 unspecified atom stereocenters. The highest BCUT2D eigenvalue weighted by molar-refractivity contribution is 5.94. The van der Waals surface area contributed by atoms with Gasteiger partial charge in [-0.3, -0.25) is 9.59 Å². The minimum Gasteiger partial charge on any atom is -0.367 e. The highest BCUT2D eigenvalue weighted by Gasteiger charge is 2.23. The number of aryl methyl sites for hydroxylation is 1. The Labute approximate surface area is 230 Å². The number of hydrogen-bond acceptors (Lipinski definition) is 4. The first-order valence-electron chi connectivity index (χ1n) is 13.1. The van der Waals surface area contributed by atoms with Gasteiger partial charge in [-0.2, -0.15) is 5.10 Å². The first kappa shape index (κ1) is 27.8. The van der Waals surface area contributed by atoms with Crippen molar-refractivity contribution in [1.82, 2.24) is 14.7 Å². The van der Waals surface area contributed by atoms with Crippen LogP contribution in [0.5, 0.6) is 0 Å². The maximum absolute atomic E-state index is 13.3. The van der Waals surface area contributed by atoms with Crippen molar-refractivity contribution in [3.63, 3.8) is 0 Å². The lowest BCUT2D eigenvalue weighted by atomic mass is 9.92. The Morgan fingerprint density at radius 1 is 0.897 bits per heavy atom. The first-order valence-corrected chi connectivity index (χ1v) is 13.1. The van der Waals surface area contributed by atoms with E-state index in [1.54, 1.807) is 4.68 Å². The summed E-state index contributed by atoms with van der Waals surface area (Å²) in [4.78, 5) is 28.0. The second-order valence-corrected chi connectivity index (χ2v) is 10.7. The fourth-order valence-corrected chi connectivity index (χ4v) is 4.03. The molecule has 0 saturated heterocycles. The van der Waals surface area contributed by atoms with Gasteiger partial charge in [-0.05, 0) is 30.2 Å². The number of carbonyl (C=O) groups is 2. The zero-order valence-electron chi connectivity index (χ0n) is 23.1. The molecule has 0 aliphatic rings. The number of nitrogens with one attached hydrogen (secondary N) is 1. The molecule has 0 saturated carbocycles. The van der Waals surface area contributed by atoms with E-state index in [0.717, 1.165) is 28.1 Å². The number of aromatic nitrogens is 2. The quantitative estimate of drug-likeness (QED) is 0.290. The van der Waals surface area contributed by atoms with Gasteiger partial charge in [0.15, 0.2) is 0 Å². The Morgan fingerprint density at radius 3 is 2.13 bits per heavy atom. The van der Waals surface area contributed by atoms with Crippen LogP contribution in [0.15, 0.2) is 91.0 Å². The van der Waals surface area contributed by atoms with Crippen molar-refractivity contribution in [2.45, 2.75) is 46.3 Å². The molecule has 0 atom stereocenters. The SMILES string of the molecule is Cc1ccc(-n2nc(C(C)(C)C)cc2NC(=O)CN(Cc2ccccc2)C(=O)COCc2ccccc2)cc1. The maximum atomic E-state index is 13.3. The summed E-state index contributed by atoms with van der Waals surface area (Å²) in [5.74, 6) is -0.00960. The van der Waals surface area contributed by atoms with Gasteiger partial charge < -0.3 is 15.0 Å². The molecule has 4 aromatic rings. The van der Waals surface area contributed by atoms with E-state index >= 15 is 0 Å². The van der Waals surface area contributed by atoms with E-state index < -0.39 is 0 Å². The highest BCUT2D eigenvalue weighted by Crippen LogP contribution is 2.26. The van der Waals surface area contributed by atoms with Gasteiger partial charge in [0, 0.05) is 18.0 Å². The zero-order valence-corrected chi connectivity index (χ0v) is 23.1. The van der Waals surface area contributed by atoms with E-state index in [1.807, 2.05) is 97.9 Å². The van der Waals surface area contributed by atoms with Crippen LogP contribution in [-0.4, -0.2) is 39.6 Å². The summed E-state index contributed by atoms with van der Waals surface area (Å²) in [7, 11) is 0. The van der Waals surface area contributed by atoms with Gasteiger partial charge in [0.2, 0.25) is 11.8 Å². The molecule has 2 amide bonds. The maximum Gasteiger partial charge on any atom is 0.249 e. The van der Waals surface area contributed by atoms with Crippen LogP contribution in [0, 0.1) is 6.92 Å². The summed E-state index contributed by atoms with van der Waals surface area (Å²) in [6.45, 7) is 8.65. The van der Waals surface area contributed by atoms with Crippen molar-refractivity contribution in [2.75, 3.05) is 18.5 Å². The van der Waals surface area contributed by atoms with Crippen LogP contribution in [0.1, 0.15) is 43.2 Å². The molecule has 3 aromatic carbocycles. The number of carbonyl (C=O) groups excluding carboxylic acids is 2. The van der Waals surface area contributed by atoms with E-state index in [-0.39, 0.29) is 30.4 Å². The smallest absolute Gasteiger partial charge is 0.249 e. The second-order valence-electron chi connectivity index (χ2n) is 10.7. The molecule has 202 valence electrons. The Balaban J connectivity index is 1.50. The van der Waals surface area contributed by atoms with Gasteiger partial charge >= 0.3 is 0 Å². The van der Waals surface area contributed by atoms with Crippen LogP contribution >= 0.6 is 0 Å². The molecule has 7 nitrogen and oxygen atoms in total. The largest absolute Gasteiger partial charge is 0.367 e. The van der Waals surface area contributed by atoms with Gasteiger partial charge in [0.25, 0.3) is 0 Å². The minimum atomic E-state index is -0.309. The third-order valence-corrected chi connectivity index (χ3v) is 6.26. The monoisotopic (exact) mass is 524 g/mol. The second kappa shape index (κ2) is 12.5. The van der Waals surface area contributed by atoms with Crippen molar-refractivity contribution in [2.24, 2.45) is 0 Å². The highest BCUT2D eigenvalue weighted by atomic mass is 16.5. The lowest BCUT2D eigenvalue weighted by molar-refractivity contribution is -0.139. The number of benzene rings is 3. The standard InChI is InChI=1S/C32H36N4O3/c1-24-15-17-27(18-16-24)36-29(19-28(34-36)32(2,3)4)33-30(37)21-35(20-25-11-7-5-8-12-25)31(38)23-39-22-26-13-9-6-10-14-26/h5-19H,20-23H2,1-4H3,(H,33,37). The van der Waals surface area contributed by atoms with Gasteiger partial charge in [-0.15, -0.1) is 0 Å². The number of hydrogen-bond donors (Lipinski definition) is 1. The molecule has 1 N–H and O–H groups in total. The van der Waals surface area contributed by atoms with Gasteiger partial charge in [0.05, 0.1) is 18.0 Å². The molecule has 0 aliphatic carbocycles. The number of ether oxygens (including phenoxy) is 1. The van der Waals surface area contributed by atoms with E-state index in [9.17, 15) is 9.59 Å². The lowest BCUT2D eigenvalue weighted by Crippen LogP contribution is -2.39. The van der Waals surface area contributed by atoms with E-state index in [1.165, 1.54) is 4.90 Å². The van der Waals surface area contributed by atoms with E-state index in [2.05, 4.69) is 26.1 Å². The fraction of sp³-hybridized carbons (Fsp3) is 0.281. The summed E-state index contributed by atoms with van der Waals surface area (Å²) in [6.07, 6.45) is 0. The molecule has 1 heterocycles. The molecule has 0 spiro atoms. The summed E-state index contributed by atoms with van der Waals surface area (Å²) in [5, 5.41) is 7.78. The molecule has 0 fully saturated rings. The molecular weight excluding hydrogens is 488 g/mol. The third kappa shape index (κ3) is 7.88. The first-order chi connectivity index (χ1) is 18.7. The Kier molecular flexibility index (Phi) is 8.94. The number of nitrogens with zero attached hydrogens (tertiary/aromatic N) is 3. The summed E-state index contributed by atoms with van der Waals surface area (Å²) in [5.41, 5.74) is 4.54. The molecule has 1 aromatic heterocycles. The summed E-state index contributed by atoms with van der Waals surface area (Å²) >= 11 is 0. The molecule has 7 heteroatoms. The molecule has 39 heavy (non-hydrogen) atoms. The lowest BCUT2D eigenvalue weighted by Gasteiger charge is -2.22. The average Bonchev–Trinajstić information content (AvgIpc) is 3.34. The van der Waals surface area contributed by atoms with Crippen molar-refractivity contribution in [1.29, 1.82) is 0 Å². The molecule has 0 bridgehead atoms. The van der Waals surface area contributed by atoms with Crippen LogP contribution in [0.25, 0.3) is 5.69 Å². The molecule has 4 rings (SSSR count). The minimum absolute atomic E-state index is 0.119. The van der Waals surface area contributed by atoms with Gasteiger partial charge in [-0.25, -0.2) is 4.68 Å². The van der Waals surface area contributed by atoms with Crippen LogP contribution in [-0.2, 0) is 32.9 Å². The van der Waals surface area contributed by atoms with Crippen LogP contribution < -0.4 is 5.32 Å².